The van der Waals surface area contributed by atoms with E-state index >= 15 is 0 Å². The van der Waals surface area contributed by atoms with Crippen molar-refractivity contribution in [2.24, 2.45) is 0 Å². The number of ether oxygens (including phenoxy) is 1. The van der Waals surface area contributed by atoms with E-state index in [1.165, 1.54) is 5.56 Å². The number of hydrogen-bond donors (Lipinski definition) is 0. The fourth-order valence-electron chi connectivity index (χ4n) is 2.15. The van der Waals surface area contributed by atoms with Gasteiger partial charge < -0.3 is 9.64 Å². The SMILES string of the molecule is CCC(=O)N(Cc1ccc(OC)cc1)c1ccc(C)cc1. The van der Waals surface area contributed by atoms with Crippen molar-refractivity contribution in [1.82, 2.24) is 0 Å². The van der Waals surface area contributed by atoms with Crippen LogP contribution in [0.2, 0.25) is 0 Å². The van der Waals surface area contributed by atoms with E-state index in [-0.39, 0.29) is 5.91 Å². The Bertz CT molecular complexity index is 588. The van der Waals surface area contributed by atoms with Crippen LogP contribution < -0.4 is 9.64 Å². The van der Waals surface area contributed by atoms with Gasteiger partial charge in [0.25, 0.3) is 0 Å². The van der Waals surface area contributed by atoms with Crippen LogP contribution in [0.25, 0.3) is 0 Å². The lowest BCUT2D eigenvalue weighted by Crippen LogP contribution is -2.29. The van der Waals surface area contributed by atoms with E-state index < -0.39 is 0 Å². The summed E-state index contributed by atoms with van der Waals surface area (Å²) in [5.41, 5.74) is 3.20. The van der Waals surface area contributed by atoms with Crippen LogP contribution in [0.1, 0.15) is 24.5 Å². The number of hydrogen-bond acceptors (Lipinski definition) is 2. The van der Waals surface area contributed by atoms with Crippen LogP contribution in [0, 0.1) is 6.92 Å². The van der Waals surface area contributed by atoms with E-state index in [9.17, 15) is 4.79 Å². The zero-order valence-corrected chi connectivity index (χ0v) is 12.8. The van der Waals surface area contributed by atoms with Crippen LogP contribution in [0.4, 0.5) is 5.69 Å². The summed E-state index contributed by atoms with van der Waals surface area (Å²) in [6, 6.07) is 15.8. The Labute approximate surface area is 126 Å². The molecule has 0 radical (unpaired) electrons. The van der Waals surface area contributed by atoms with Crippen molar-refractivity contribution in [3.63, 3.8) is 0 Å². The molecule has 3 nitrogen and oxygen atoms in total. The predicted molar refractivity (Wildman–Crippen MR) is 85.7 cm³/mol. The molecule has 0 atom stereocenters. The average molecular weight is 283 g/mol. The molecule has 0 aromatic heterocycles. The van der Waals surface area contributed by atoms with Crippen LogP contribution in [-0.4, -0.2) is 13.0 Å². The zero-order valence-electron chi connectivity index (χ0n) is 12.8. The van der Waals surface area contributed by atoms with Gasteiger partial charge in [0.2, 0.25) is 5.91 Å². The highest BCUT2D eigenvalue weighted by Crippen LogP contribution is 2.20. The van der Waals surface area contributed by atoms with E-state index in [0.717, 1.165) is 17.0 Å². The molecule has 3 heteroatoms. The molecule has 0 spiro atoms. The van der Waals surface area contributed by atoms with Gasteiger partial charge >= 0.3 is 0 Å². The first kappa shape index (κ1) is 15.1. The molecule has 2 aromatic carbocycles. The molecule has 0 heterocycles. The second-order valence-electron chi connectivity index (χ2n) is 5.02. The van der Waals surface area contributed by atoms with Crippen molar-refractivity contribution >= 4 is 11.6 Å². The summed E-state index contributed by atoms with van der Waals surface area (Å²) in [7, 11) is 1.65. The Hall–Kier alpha value is -2.29. The minimum absolute atomic E-state index is 0.120. The number of methoxy groups -OCH3 is 1. The van der Waals surface area contributed by atoms with Gasteiger partial charge in [-0.3, -0.25) is 4.79 Å². The summed E-state index contributed by atoms with van der Waals surface area (Å²) >= 11 is 0. The van der Waals surface area contributed by atoms with Crippen molar-refractivity contribution in [1.29, 1.82) is 0 Å². The lowest BCUT2D eigenvalue weighted by atomic mass is 10.1. The molecule has 21 heavy (non-hydrogen) atoms. The Kier molecular flexibility index (Phi) is 4.99. The number of benzene rings is 2. The van der Waals surface area contributed by atoms with Crippen LogP contribution in [0.15, 0.2) is 48.5 Å². The fraction of sp³-hybridized carbons (Fsp3) is 0.278. The minimum atomic E-state index is 0.120. The first-order valence-electron chi connectivity index (χ1n) is 7.14. The van der Waals surface area contributed by atoms with Gasteiger partial charge in [0.15, 0.2) is 0 Å². The maximum absolute atomic E-state index is 12.2. The molecule has 2 rings (SSSR count). The van der Waals surface area contributed by atoms with Gasteiger partial charge in [0, 0.05) is 12.1 Å². The summed E-state index contributed by atoms with van der Waals surface area (Å²) in [6.45, 7) is 4.50. The van der Waals surface area contributed by atoms with Crippen LogP contribution >= 0.6 is 0 Å². The normalized spacial score (nSPS) is 10.2. The van der Waals surface area contributed by atoms with E-state index in [1.807, 2.05) is 67.3 Å². The second-order valence-corrected chi connectivity index (χ2v) is 5.02. The molecule has 0 saturated carbocycles. The predicted octanol–water partition coefficient (Wildman–Crippen LogP) is 3.95. The number of anilines is 1. The topological polar surface area (TPSA) is 29.5 Å². The van der Waals surface area contributed by atoms with E-state index in [4.69, 9.17) is 4.74 Å². The smallest absolute Gasteiger partial charge is 0.227 e. The number of nitrogens with zero attached hydrogens (tertiary/aromatic N) is 1. The van der Waals surface area contributed by atoms with Gasteiger partial charge in [0.05, 0.1) is 13.7 Å². The van der Waals surface area contributed by atoms with Crippen molar-refractivity contribution in [2.45, 2.75) is 26.8 Å². The molecular weight excluding hydrogens is 262 g/mol. The summed E-state index contributed by atoms with van der Waals surface area (Å²) in [5, 5.41) is 0. The third-order valence-electron chi connectivity index (χ3n) is 3.45. The molecule has 1 amide bonds. The Balaban J connectivity index is 2.23. The maximum Gasteiger partial charge on any atom is 0.227 e. The highest BCUT2D eigenvalue weighted by Gasteiger charge is 2.14. The van der Waals surface area contributed by atoms with Gasteiger partial charge in [-0.1, -0.05) is 36.8 Å². The summed E-state index contributed by atoms with van der Waals surface area (Å²) in [6.07, 6.45) is 0.490. The molecule has 0 N–H and O–H groups in total. The van der Waals surface area contributed by atoms with E-state index in [0.29, 0.717) is 13.0 Å². The molecule has 0 fully saturated rings. The van der Waals surface area contributed by atoms with Gasteiger partial charge in [-0.25, -0.2) is 0 Å². The van der Waals surface area contributed by atoms with Crippen LogP contribution in [-0.2, 0) is 11.3 Å². The standard InChI is InChI=1S/C18H21NO2/c1-4-18(20)19(16-9-5-14(2)6-10-16)13-15-7-11-17(21-3)12-8-15/h5-12H,4,13H2,1-3H3. The van der Waals surface area contributed by atoms with Crippen molar-refractivity contribution in [2.75, 3.05) is 12.0 Å². The highest BCUT2D eigenvalue weighted by atomic mass is 16.5. The largest absolute Gasteiger partial charge is 0.497 e. The first-order chi connectivity index (χ1) is 10.1. The molecule has 0 aliphatic heterocycles. The molecule has 0 aliphatic rings. The van der Waals surface area contributed by atoms with E-state index in [1.54, 1.807) is 7.11 Å². The lowest BCUT2D eigenvalue weighted by molar-refractivity contribution is -0.118. The Morgan fingerprint density at radius 1 is 1.05 bits per heavy atom. The van der Waals surface area contributed by atoms with Crippen molar-refractivity contribution in [3.05, 3.63) is 59.7 Å². The quantitative estimate of drug-likeness (QED) is 0.831. The molecule has 0 saturated heterocycles. The number of amides is 1. The van der Waals surface area contributed by atoms with Crippen LogP contribution in [0.5, 0.6) is 5.75 Å². The fourth-order valence-corrected chi connectivity index (χ4v) is 2.15. The van der Waals surface area contributed by atoms with Gasteiger partial charge in [-0.2, -0.15) is 0 Å². The molecule has 110 valence electrons. The molecular formula is C18H21NO2. The number of rotatable bonds is 5. The molecule has 0 bridgehead atoms. The number of aryl methyl sites for hydroxylation is 1. The lowest BCUT2D eigenvalue weighted by Gasteiger charge is -2.23. The number of carbonyl (C=O) groups is 1. The summed E-state index contributed by atoms with van der Waals surface area (Å²) in [5.74, 6) is 0.942. The monoisotopic (exact) mass is 283 g/mol. The third-order valence-corrected chi connectivity index (χ3v) is 3.45. The first-order valence-corrected chi connectivity index (χ1v) is 7.14. The van der Waals surface area contributed by atoms with Crippen molar-refractivity contribution in [3.8, 4) is 5.75 Å². The summed E-state index contributed by atoms with van der Waals surface area (Å²) < 4.78 is 5.16. The maximum atomic E-state index is 12.2. The second kappa shape index (κ2) is 6.93. The van der Waals surface area contributed by atoms with E-state index in [2.05, 4.69) is 0 Å². The molecule has 0 unspecified atom stereocenters. The summed E-state index contributed by atoms with van der Waals surface area (Å²) in [4.78, 5) is 14.0. The van der Waals surface area contributed by atoms with Gasteiger partial charge in [-0.05, 0) is 36.8 Å². The number of carbonyl (C=O) groups excluding carboxylic acids is 1. The Morgan fingerprint density at radius 3 is 2.19 bits per heavy atom. The van der Waals surface area contributed by atoms with Gasteiger partial charge in [0.1, 0.15) is 5.75 Å². The molecule has 0 aliphatic carbocycles. The third kappa shape index (κ3) is 3.85. The van der Waals surface area contributed by atoms with Gasteiger partial charge in [-0.15, -0.1) is 0 Å². The molecule has 2 aromatic rings. The average Bonchev–Trinajstić information content (AvgIpc) is 2.53. The minimum Gasteiger partial charge on any atom is -0.497 e. The highest BCUT2D eigenvalue weighted by molar-refractivity contribution is 5.93. The Morgan fingerprint density at radius 2 is 1.67 bits per heavy atom. The zero-order chi connectivity index (χ0) is 15.2. The van der Waals surface area contributed by atoms with Crippen molar-refractivity contribution < 1.29 is 9.53 Å². The van der Waals surface area contributed by atoms with Crippen LogP contribution in [0.3, 0.4) is 0 Å².